The maximum atomic E-state index is 12.4. The molecule has 0 saturated carbocycles. The Kier molecular flexibility index (Phi) is 7.95. The second-order valence-corrected chi connectivity index (χ2v) is 6.89. The molecule has 0 aliphatic heterocycles. The lowest BCUT2D eigenvalue weighted by Crippen LogP contribution is -2.48. The molecular formula is C21H25N3O3S. The van der Waals surface area contributed by atoms with Crippen LogP contribution in [-0.2, 0) is 0 Å². The molecule has 0 aromatic heterocycles. The van der Waals surface area contributed by atoms with Crippen LogP contribution >= 0.6 is 12.2 Å². The van der Waals surface area contributed by atoms with Crippen molar-refractivity contribution in [2.24, 2.45) is 0 Å². The molecule has 0 aliphatic rings. The highest BCUT2D eigenvalue weighted by Crippen LogP contribution is 2.18. The molecule has 0 radical (unpaired) electrons. The lowest BCUT2D eigenvalue weighted by Gasteiger charge is -2.13. The van der Waals surface area contributed by atoms with Crippen molar-refractivity contribution >= 4 is 29.1 Å². The van der Waals surface area contributed by atoms with E-state index < -0.39 is 5.91 Å². The van der Waals surface area contributed by atoms with E-state index in [-0.39, 0.29) is 11.0 Å². The summed E-state index contributed by atoms with van der Waals surface area (Å²) in [6.07, 6.45) is 0.836. The summed E-state index contributed by atoms with van der Waals surface area (Å²) in [5.41, 5.74) is 7.02. The van der Waals surface area contributed by atoms with Gasteiger partial charge in [-0.05, 0) is 54.4 Å². The molecule has 2 aromatic carbocycles. The number of para-hydroxylation sites is 1. The first kappa shape index (κ1) is 21.4. The van der Waals surface area contributed by atoms with Gasteiger partial charge in [0, 0.05) is 5.56 Å². The molecule has 6 nitrogen and oxygen atoms in total. The lowest BCUT2D eigenvalue weighted by atomic mass is 10.0. The van der Waals surface area contributed by atoms with E-state index in [4.69, 9.17) is 17.0 Å². The second kappa shape index (κ2) is 10.4. The number of hydrogen-bond acceptors (Lipinski definition) is 4. The summed E-state index contributed by atoms with van der Waals surface area (Å²) in [5, 5.41) is 2.53. The first-order valence-corrected chi connectivity index (χ1v) is 9.56. The number of thiocarbonyl (C=S) groups is 1. The second-order valence-electron chi connectivity index (χ2n) is 6.48. The molecule has 0 heterocycles. The largest absolute Gasteiger partial charge is 0.493 e. The minimum Gasteiger partial charge on any atom is -0.493 e. The van der Waals surface area contributed by atoms with Crippen molar-refractivity contribution in [1.29, 1.82) is 0 Å². The van der Waals surface area contributed by atoms with Gasteiger partial charge in [-0.1, -0.05) is 45.0 Å². The van der Waals surface area contributed by atoms with Crippen molar-refractivity contribution in [2.75, 3.05) is 6.61 Å². The molecule has 0 spiro atoms. The first-order valence-electron chi connectivity index (χ1n) is 9.15. The summed E-state index contributed by atoms with van der Waals surface area (Å²) in [5.74, 6) is 0.112. The monoisotopic (exact) mass is 399 g/mol. The number of carbonyl (C=O) groups is 2. The molecule has 2 aromatic rings. The van der Waals surface area contributed by atoms with Crippen LogP contribution in [0.5, 0.6) is 5.75 Å². The van der Waals surface area contributed by atoms with Crippen LogP contribution in [0.1, 0.15) is 59.4 Å². The summed E-state index contributed by atoms with van der Waals surface area (Å²) >= 11 is 5.08. The molecule has 2 rings (SSSR count). The Morgan fingerprint density at radius 1 is 1.00 bits per heavy atom. The highest BCUT2D eigenvalue weighted by molar-refractivity contribution is 7.80. The Balaban J connectivity index is 1.90. The third kappa shape index (κ3) is 6.06. The van der Waals surface area contributed by atoms with Crippen LogP contribution in [0.4, 0.5) is 0 Å². The number of hydrazine groups is 1. The number of ether oxygens (including phenoxy) is 1. The molecular weight excluding hydrogens is 374 g/mol. The molecule has 28 heavy (non-hydrogen) atoms. The van der Waals surface area contributed by atoms with Crippen molar-refractivity contribution in [3.63, 3.8) is 0 Å². The summed E-state index contributed by atoms with van der Waals surface area (Å²) in [4.78, 5) is 24.6. The van der Waals surface area contributed by atoms with Gasteiger partial charge in [0.1, 0.15) is 5.75 Å². The van der Waals surface area contributed by atoms with E-state index in [9.17, 15) is 9.59 Å². The molecule has 2 amide bonds. The zero-order valence-corrected chi connectivity index (χ0v) is 17.1. The van der Waals surface area contributed by atoms with Crippen molar-refractivity contribution in [3.05, 3.63) is 65.2 Å². The number of benzene rings is 2. The van der Waals surface area contributed by atoms with Crippen LogP contribution in [-0.4, -0.2) is 23.5 Å². The van der Waals surface area contributed by atoms with Crippen LogP contribution in [0.15, 0.2) is 48.5 Å². The van der Waals surface area contributed by atoms with Crippen molar-refractivity contribution in [1.82, 2.24) is 16.2 Å². The molecule has 0 bridgehead atoms. The predicted octanol–water partition coefficient (Wildman–Crippen LogP) is 3.55. The van der Waals surface area contributed by atoms with Crippen LogP contribution in [0.25, 0.3) is 0 Å². The molecule has 0 fully saturated rings. The van der Waals surface area contributed by atoms with Gasteiger partial charge in [-0.3, -0.25) is 25.8 Å². The maximum absolute atomic E-state index is 12.4. The number of hydrogen-bond donors (Lipinski definition) is 3. The maximum Gasteiger partial charge on any atom is 0.273 e. The van der Waals surface area contributed by atoms with Crippen LogP contribution in [0.2, 0.25) is 0 Å². The fourth-order valence-corrected chi connectivity index (χ4v) is 2.54. The minimum absolute atomic E-state index is 0.00163. The molecule has 148 valence electrons. The quantitative estimate of drug-likeness (QED) is 0.511. The predicted molar refractivity (Wildman–Crippen MR) is 113 cm³/mol. The summed E-state index contributed by atoms with van der Waals surface area (Å²) in [6, 6.07) is 14.2. The van der Waals surface area contributed by atoms with Crippen LogP contribution in [0.3, 0.4) is 0 Å². The van der Waals surface area contributed by atoms with E-state index in [0.717, 1.165) is 12.0 Å². The third-order valence-corrected chi connectivity index (χ3v) is 4.15. The molecule has 0 aliphatic carbocycles. The van der Waals surface area contributed by atoms with Crippen LogP contribution < -0.4 is 20.9 Å². The van der Waals surface area contributed by atoms with Gasteiger partial charge in [-0.2, -0.15) is 0 Å². The van der Waals surface area contributed by atoms with Gasteiger partial charge in [-0.15, -0.1) is 0 Å². The summed E-state index contributed by atoms with van der Waals surface area (Å²) in [7, 11) is 0. The van der Waals surface area contributed by atoms with E-state index in [2.05, 4.69) is 30.0 Å². The third-order valence-electron chi connectivity index (χ3n) is 3.95. The highest BCUT2D eigenvalue weighted by atomic mass is 32.1. The molecule has 3 N–H and O–H groups in total. The smallest absolute Gasteiger partial charge is 0.273 e. The fourth-order valence-electron chi connectivity index (χ4n) is 2.40. The van der Waals surface area contributed by atoms with Gasteiger partial charge < -0.3 is 4.74 Å². The molecule has 0 saturated heterocycles. The Labute approximate surface area is 170 Å². The highest BCUT2D eigenvalue weighted by Gasteiger charge is 2.13. The van der Waals surface area contributed by atoms with Gasteiger partial charge in [0.15, 0.2) is 5.11 Å². The van der Waals surface area contributed by atoms with Gasteiger partial charge in [-0.25, -0.2) is 0 Å². The number of carbonyl (C=O) groups excluding carboxylic acids is 2. The Hall–Kier alpha value is -2.93. The Morgan fingerprint density at radius 3 is 2.32 bits per heavy atom. The van der Waals surface area contributed by atoms with E-state index in [0.29, 0.717) is 29.4 Å². The van der Waals surface area contributed by atoms with E-state index in [1.54, 1.807) is 36.4 Å². The Bertz CT molecular complexity index is 835. The number of rotatable bonds is 6. The van der Waals surface area contributed by atoms with Gasteiger partial charge >= 0.3 is 0 Å². The Morgan fingerprint density at radius 2 is 1.68 bits per heavy atom. The first-order chi connectivity index (χ1) is 13.4. The fraction of sp³-hybridized carbons (Fsp3) is 0.286. The standard InChI is InChI=1S/C21H25N3O3S/c1-4-13-27-18-8-6-5-7-17(18)20(26)23-24-21(28)22-19(25)16-11-9-15(10-12-16)14(2)3/h5-12,14H,4,13H2,1-3H3,(H,23,26)(H2,22,24,25,28). The lowest BCUT2D eigenvalue weighted by molar-refractivity contribution is 0.0931. The van der Waals surface area contributed by atoms with Crippen molar-refractivity contribution in [3.8, 4) is 5.75 Å². The normalized spacial score (nSPS) is 10.3. The zero-order chi connectivity index (χ0) is 20.5. The SMILES string of the molecule is CCCOc1ccccc1C(=O)NNC(=S)NC(=O)c1ccc(C(C)C)cc1. The zero-order valence-electron chi connectivity index (χ0n) is 16.2. The van der Waals surface area contributed by atoms with Gasteiger partial charge in [0.25, 0.3) is 11.8 Å². The van der Waals surface area contributed by atoms with E-state index >= 15 is 0 Å². The van der Waals surface area contributed by atoms with Gasteiger partial charge in [0.05, 0.1) is 12.2 Å². The number of nitrogens with one attached hydrogen (secondary N) is 3. The summed E-state index contributed by atoms with van der Waals surface area (Å²) in [6.45, 7) is 6.67. The van der Waals surface area contributed by atoms with Crippen molar-refractivity contribution < 1.29 is 14.3 Å². The topological polar surface area (TPSA) is 79.5 Å². The molecule has 0 atom stereocenters. The molecule has 7 heteroatoms. The van der Waals surface area contributed by atoms with Crippen molar-refractivity contribution in [2.45, 2.75) is 33.1 Å². The van der Waals surface area contributed by atoms with Crippen LogP contribution in [0, 0.1) is 0 Å². The van der Waals surface area contributed by atoms with E-state index in [1.165, 1.54) is 0 Å². The molecule has 0 unspecified atom stereocenters. The summed E-state index contributed by atoms with van der Waals surface area (Å²) < 4.78 is 5.57. The van der Waals surface area contributed by atoms with Gasteiger partial charge in [0.2, 0.25) is 0 Å². The number of amides is 2. The average molecular weight is 400 g/mol. The van der Waals surface area contributed by atoms with E-state index in [1.807, 2.05) is 19.1 Å². The average Bonchev–Trinajstić information content (AvgIpc) is 2.70. The minimum atomic E-state index is -0.412.